The van der Waals surface area contributed by atoms with Crippen molar-refractivity contribution in [2.75, 3.05) is 0 Å². The Kier molecular flexibility index (Phi) is 4.23. The first-order chi connectivity index (χ1) is 17.4. The fraction of sp³-hybridized carbons (Fsp3) is 0.154. The molecule has 0 saturated carbocycles. The third-order valence-electron chi connectivity index (χ3n) is 6.27. The van der Waals surface area contributed by atoms with Crippen LogP contribution in [-0.2, 0) is 0 Å². The third kappa shape index (κ3) is 3.07. The molecule has 9 nitrogen and oxygen atoms in total. The van der Waals surface area contributed by atoms with E-state index in [1.807, 2.05) is 45.0 Å². The van der Waals surface area contributed by atoms with Crippen molar-refractivity contribution in [3.8, 4) is 0 Å². The number of hydrogen-bond acceptors (Lipinski definition) is 7. The molecule has 7 aromatic heterocycles. The molecule has 36 heavy (non-hydrogen) atoms. The largest absolute Gasteiger partial charge is 0.335 e. The van der Waals surface area contributed by atoms with E-state index in [1.165, 1.54) is 11.3 Å². The maximum absolute atomic E-state index is 13.7. The van der Waals surface area contributed by atoms with Gasteiger partial charge in [-0.15, -0.1) is 11.3 Å². The van der Waals surface area contributed by atoms with Crippen molar-refractivity contribution in [3.05, 3.63) is 55.2 Å². The molecule has 7 rings (SSSR count). The summed E-state index contributed by atoms with van der Waals surface area (Å²) >= 11 is 1.52. The molecule has 7 aromatic rings. The van der Waals surface area contributed by atoms with Crippen molar-refractivity contribution in [1.82, 2.24) is 39.7 Å². The molecule has 0 aromatic carbocycles. The normalized spacial score (nSPS) is 12.4. The maximum atomic E-state index is 13.7. The van der Waals surface area contributed by atoms with Gasteiger partial charge in [0.05, 0.1) is 28.8 Å². The molecule has 2 N–H and O–H groups in total. The van der Waals surface area contributed by atoms with E-state index in [-0.39, 0.29) is 5.91 Å². The predicted molar refractivity (Wildman–Crippen MR) is 143 cm³/mol. The smallest absolute Gasteiger partial charge is 0.237 e. The highest BCUT2D eigenvalue weighted by atomic mass is 32.1. The minimum absolute atomic E-state index is 0.0248. The number of nitrogens with zero attached hydrogens (tertiary/aromatic N) is 6. The number of pyridine rings is 3. The Morgan fingerprint density at radius 1 is 0.917 bits per heavy atom. The van der Waals surface area contributed by atoms with Gasteiger partial charge in [-0.25, -0.2) is 9.97 Å². The summed E-state index contributed by atoms with van der Waals surface area (Å²) in [5, 5.41) is 11.0. The average molecular weight is 493 g/mol. The molecule has 0 aliphatic rings. The molecule has 0 unspecified atom stereocenters. The first-order valence-electron chi connectivity index (χ1n) is 11.5. The number of H-pyrrole nitrogens is 2. The summed E-state index contributed by atoms with van der Waals surface area (Å²) in [4.78, 5) is 36.3. The summed E-state index contributed by atoms with van der Waals surface area (Å²) in [5.41, 5.74) is 3.66. The second kappa shape index (κ2) is 7.28. The number of hydrogen-bond donors (Lipinski definition) is 2. The Balaban J connectivity index is 1.77. The van der Waals surface area contributed by atoms with Crippen LogP contribution in [0, 0.1) is 5.41 Å². The van der Waals surface area contributed by atoms with Gasteiger partial charge in [0.15, 0.2) is 11.3 Å². The van der Waals surface area contributed by atoms with E-state index in [2.05, 4.69) is 30.1 Å². The van der Waals surface area contributed by atoms with Gasteiger partial charge >= 0.3 is 0 Å². The summed E-state index contributed by atoms with van der Waals surface area (Å²) in [6, 6.07) is 7.97. The molecule has 0 atom stereocenters. The number of aromatic amines is 2. The molecule has 0 spiro atoms. The number of imidazole rings is 1. The third-order valence-corrected chi connectivity index (χ3v) is 7.38. The van der Waals surface area contributed by atoms with Crippen molar-refractivity contribution in [3.63, 3.8) is 0 Å². The lowest BCUT2D eigenvalue weighted by Crippen LogP contribution is -2.26. The van der Waals surface area contributed by atoms with Crippen LogP contribution in [0.3, 0.4) is 0 Å². The number of aromatic nitrogens is 8. The Hall–Kier alpha value is -4.44. The van der Waals surface area contributed by atoms with E-state index in [0.29, 0.717) is 22.3 Å². The number of rotatable bonds is 0. The molecule has 0 saturated heterocycles. The number of carbonyl (C=O) groups excluding carboxylic acids is 1. The molecule has 0 radical (unpaired) electrons. The maximum Gasteiger partial charge on any atom is 0.237 e. The van der Waals surface area contributed by atoms with Crippen molar-refractivity contribution < 1.29 is 4.79 Å². The minimum Gasteiger partial charge on any atom is -0.335 e. The highest BCUT2D eigenvalue weighted by Gasteiger charge is 2.24. The number of thiophene rings is 1. The highest BCUT2D eigenvalue weighted by Crippen LogP contribution is 2.31. The molecular formula is C26H20N8OS. The van der Waals surface area contributed by atoms with E-state index >= 15 is 0 Å². The average Bonchev–Trinajstić information content (AvgIpc) is 3.60. The zero-order valence-electron chi connectivity index (χ0n) is 19.7. The summed E-state index contributed by atoms with van der Waals surface area (Å²) in [7, 11) is 0. The van der Waals surface area contributed by atoms with Crippen LogP contribution in [0.1, 0.15) is 25.6 Å². The van der Waals surface area contributed by atoms with Gasteiger partial charge in [-0.2, -0.15) is 5.10 Å². The van der Waals surface area contributed by atoms with Crippen molar-refractivity contribution in [1.29, 1.82) is 0 Å². The molecular weight excluding hydrogens is 472 g/mol. The highest BCUT2D eigenvalue weighted by molar-refractivity contribution is 7.24. The van der Waals surface area contributed by atoms with Gasteiger partial charge in [0.25, 0.3) is 0 Å². The Labute approximate surface area is 207 Å². The van der Waals surface area contributed by atoms with Gasteiger partial charge in [0.2, 0.25) is 5.91 Å². The first kappa shape index (κ1) is 20.9. The van der Waals surface area contributed by atoms with Gasteiger partial charge in [-0.1, -0.05) is 20.8 Å². The standard InChI is InChI=1S/C26H20N8OS/c1-26(2,3)25(35)34-15-6-13(8-27-10-15)14-7-16-22(32-33-23(16)29-9-14)24-30-18-12-28-11-17(21(18)31-24)19-4-5-20(34)36-19/h4-12H,1-3H3,(H,30,31)(H,29,32,33). The van der Waals surface area contributed by atoms with E-state index in [9.17, 15) is 4.79 Å². The van der Waals surface area contributed by atoms with E-state index in [1.54, 1.807) is 35.6 Å². The van der Waals surface area contributed by atoms with E-state index in [0.717, 1.165) is 42.1 Å². The Morgan fingerprint density at radius 2 is 1.75 bits per heavy atom. The fourth-order valence-corrected chi connectivity index (χ4v) is 5.48. The van der Waals surface area contributed by atoms with Gasteiger partial charge in [0.1, 0.15) is 15.9 Å². The van der Waals surface area contributed by atoms with Crippen LogP contribution in [0.4, 0.5) is 0 Å². The Morgan fingerprint density at radius 3 is 2.61 bits per heavy atom. The van der Waals surface area contributed by atoms with Gasteiger partial charge in [0, 0.05) is 44.9 Å². The summed E-state index contributed by atoms with van der Waals surface area (Å²) < 4.78 is 2.71. The quantitative estimate of drug-likeness (QED) is 0.272. The van der Waals surface area contributed by atoms with Crippen LogP contribution in [0.25, 0.3) is 64.4 Å². The number of nitrogens with one attached hydrogen (secondary N) is 2. The predicted octanol–water partition coefficient (Wildman–Crippen LogP) is 5.91. The first-order valence-corrected chi connectivity index (χ1v) is 12.3. The monoisotopic (exact) mass is 492 g/mol. The fourth-order valence-electron chi connectivity index (χ4n) is 4.45. The van der Waals surface area contributed by atoms with Crippen LogP contribution in [-0.4, -0.2) is 45.6 Å². The minimum atomic E-state index is -0.603. The van der Waals surface area contributed by atoms with Gasteiger partial charge in [-0.3, -0.25) is 24.4 Å². The van der Waals surface area contributed by atoms with Crippen LogP contribution in [0.15, 0.2) is 55.2 Å². The number of fused-ring (bicyclic) bond motifs is 9. The number of carbonyl (C=O) groups is 1. The van der Waals surface area contributed by atoms with E-state index in [4.69, 9.17) is 4.98 Å². The van der Waals surface area contributed by atoms with Crippen LogP contribution < -0.4 is 0 Å². The molecule has 0 aliphatic heterocycles. The lowest BCUT2D eigenvalue weighted by molar-refractivity contribution is 0.0778. The topological polar surface area (TPSA) is 118 Å². The molecule has 10 heteroatoms. The molecule has 176 valence electrons. The lowest BCUT2D eigenvalue weighted by Gasteiger charge is -2.19. The second-order valence-electron chi connectivity index (χ2n) is 9.82. The SMILES string of the molecule is CC(C)(C)C(=O)n1c2cncc(c2)c2cnc3[nH]nc(c4nc5c(cncc5c5ccc1s5)[nH]4)c3c2. The lowest BCUT2D eigenvalue weighted by atomic mass is 9.95. The zero-order chi connectivity index (χ0) is 24.6. The van der Waals surface area contributed by atoms with Gasteiger partial charge < -0.3 is 4.98 Å². The van der Waals surface area contributed by atoms with Crippen LogP contribution in [0.2, 0.25) is 0 Å². The Bertz CT molecular complexity index is 2070. The van der Waals surface area contributed by atoms with Crippen LogP contribution in [0.5, 0.6) is 0 Å². The van der Waals surface area contributed by atoms with Crippen molar-refractivity contribution in [2.24, 2.45) is 5.41 Å². The molecule has 0 aliphatic carbocycles. The van der Waals surface area contributed by atoms with Gasteiger partial charge in [-0.05, 0) is 24.3 Å². The van der Waals surface area contributed by atoms with Crippen molar-refractivity contribution >= 4 is 81.7 Å². The second-order valence-corrected chi connectivity index (χ2v) is 10.9. The summed E-state index contributed by atoms with van der Waals surface area (Å²) in [6.07, 6.45) is 8.85. The van der Waals surface area contributed by atoms with Crippen LogP contribution >= 0.6 is 11.3 Å². The zero-order valence-corrected chi connectivity index (χ0v) is 20.5. The molecule has 7 heterocycles. The molecule has 0 amide bonds. The summed E-state index contributed by atoms with van der Waals surface area (Å²) in [6.45, 7) is 5.76. The summed E-state index contributed by atoms with van der Waals surface area (Å²) in [5.74, 6) is -0.0248. The van der Waals surface area contributed by atoms with E-state index < -0.39 is 5.41 Å². The molecule has 0 fully saturated rings. The molecule has 8 bridgehead atoms. The van der Waals surface area contributed by atoms with Crippen molar-refractivity contribution in [2.45, 2.75) is 20.8 Å².